The van der Waals surface area contributed by atoms with Crippen LogP contribution >= 0.6 is 11.8 Å². The normalized spacial score (nSPS) is 12.0. The van der Waals surface area contributed by atoms with Crippen molar-refractivity contribution in [2.75, 3.05) is 50.2 Å². The Balaban J connectivity index is 1.45. The van der Waals surface area contributed by atoms with Crippen LogP contribution in [-0.2, 0) is 10.8 Å². The molecule has 0 aromatic heterocycles. The van der Waals surface area contributed by atoms with Crippen LogP contribution in [0.5, 0.6) is 11.5 Å². The first-order valence-corrected chi connectivity index (χ1v) is 14.3. The van der Waals surface area contributed by atoms with E-state index in [1.54, 1.807) is 7.11 Å². The van der Waals surface area contributed by atoms with Crippen molar-refractivity contribution >= 4 is 28.8 Å². The first kappa shape index (κ1) is 29.7. The highest BCUT2D eigenvalue weighted by Crippen LogP contribution is 2.41. The van der Waals surface area contributed by atoms with Gasteiger partial charge in [-0.2, -0.15) is 0 Å². The second-order valence-electron chi connectivity index (χ2n) is 11.9. The van der Waals surface area contributed by atoms with Gasteiger partial charge < -0.3 is 25.4 Å². The molecule has 0 fully saturated rings. The number of hydrogen-bond acceptors (Lipinski definition) is 6. The molecule has 3 rings (SSSR count). The van der Waals surface area contributed by atoms with E-state index in [2.05, 4.69) is 101 Å². The van der Waals surface area contributed by atoms with Gasteiger partial charge in [0, 0.05) is 58.5 Å². The number of anilines is 3. The Kier molecular flexibility index (Phi) is 10.0. The number of nitrogens with one attached hydrogen (secondary N) is 2. The molecular weight excluding hydrogens is 490 g/mol. The lowest BCUT2D eigenvalue weighted by molar-refractivity contribution is 0.370. The molecule has 206 valence electrons. The van der Waals surface area contributed by atoms with Gasteiger partial charge in [0.25, 0.3) is 0 Å². The Labute approximate surface area is 234 Å². The van der Waals surface area contributed by atoms with Gasteiger partial charge in [0.1, 0.15) is 11.5 Å². The number of methoxy groups -OCH3 is 1. The van der Waals surface area contributed by atoms with Gasteiger partial charge in [-0.1, -0.05) is 41.5 Å². The van der Waals surface area contributed by atoms with Gasteiger partial charge in [-0.15, -0.1) is 11.8 Å². The number of benzene rings is 3. The van der Waals surface area contributed by atoms with Gasteiger partial charge in [-0.25, -0.2) is 0 Å². The van der Waals surface area contributed by atoms with Crippen LogP contribution in [0.25, 0.3) is 0 Å². The summed E-state index contributed by atoms with van der Waals surface area (Å²) in [7, 11) is 3.84. The maximum atomic E-state index is 11.0. The number of hydrogen-bond donors (Lipinski definition) is 3. The fourth-order valence-corrected chi connectivity index (χ4v) is 5.21. The summed E-state index contributed by atoms with van der Waals surface area (Å²) in [6.45, 7) is 15.8. The molecule has 0 amide bonds. The summed E-state index contributed by atoms with van der Waals surface area (Å²) in [5, 5.41) is 17.9. The molecule has 5 nitrogen and oxygen atoms in total. The maximum Gasteiger partial charge on any atom is 0.123 e. The van der Waals surface area contributed by atoms with E-state index in [4.69, 9.17) is 4.74 Å². The van der Waals surface area contributed by atoms with Crippen LogP contribution in [0.1, 0.15) is 52.7 Å². The third-order valence-corrected chi connectivity index (χ3v) is 7.48. The highest BCUT2D eigenvalue weighted by atomic mass is 32.2. The van der Waals surface area contributed by atoms with E-state index in [0.29, 0.717) is 5.75 Å². The SMILES string of the molecule is COc1ccc(Nc2ccc(NCCN(C)CCSc3cc(C(C)(C)C)c(O)c(C(C)(C)C)c3)cc2)cc1. The predicted octanol–water partition coefficient (Wildman–Crippen LogP) is 7.88. The van der Waals surface area contributed by atoms with Gasteiger partial charge >= 0.3 is 0 Å². The number of likely N-dealkylation sites (N-methyl/N-ethyl adjacent to an activating group) is 1. The molecule has 0 saturated heterocycles. The van der Waals surface area contributed by atoms with Gasteiger partial charge in [0.05, 0.1) is 7.11 Å². The zero-order valence-corrected chi connectivity index (χ0v) is 25.1. The van der Waals surface area contributed by atoms with E-state index in [0.717, 1.165) is 59.3 Å². The van der Waals surface area contributed by atoms with Crippen molar-refractivity contribution in [2.45, 2.75) is 57.3 Å². The smallest absolute Gasteiger partial charge is 0.123 e. The molecule has 0 aliphatic carbocycles. The van der Waals surface area contributed by atoms with Crippen LogP contribution in [0.2, 0.25) is 0 Å². The van der Waals surface area contributed by atoms with Crippen LogP contribution in [0.15, 0.2) is 65.6 Å². The molecule has 0 radical (unpaired) electrons. The Bertz CT molecular complexity index is 1130. The molecule has 38 heavy (non-hydrogen) atoms. The molecule has 0 bridgehead atoms. The second kappa shape index (κ2) is 12.8. The Hall–Kier alpha value is -2.83. The number of rotatable bonds is 11. The third kappa shape index (κ3) is 8.60. The third-order valence-electron chi connectivity index (χ3n) is 6.53. The quantitative estimate of drug-likeness (QED) is 0.217. The van der Waals surface area contributed by atoms with Crippen molar-refractivity contribution in [1.82, 2.24) is 4.90 Å². The lowest BCUT2D eigenvalue weighted by Gasteiger charge is -2.28. The fraction of sp³-hybridized carbons (Fsp3) is 0.438. The van der Waals surface area contributed by atoms with Crippen molar-refractivity contribution in [3.63, 3.8) is 0 Å². The summed E-state index contributed by atoms with van der Waals surface area (Å²) < 4.78 is 5.22. The van der Waals surface area contributed by atoms with E-state index in [9.17, 15) is 5.11 Å². The summed E-state index contributed by atoms with van der Waals surface area (Å²) >= 11 is 1.86. The van der Waals surface area contributed by atoms with Gasteiger partial charge in [0.2, 0.25) is 0 Å². The summed E-state index contributed by atoms with van der Waals surface area (Å²) in [4.78, 5) is 3.59. The molecule has 0 heterocycles. The molecule has 0 aliphatic rings. The number of phenols is 1. The van der Waals surface area contributed by atoms with E-state index >= 15 is 0 Å². The van der Waals surface area contributed by atoms with E-state index in [-0.39, 0.29) is 10.8 Å². The Morgan fingerprint density at radius 1 is 0.789 bits per heavy atom. The lowest BCUT2D eigenvalue weighted by atomic mass is 9.79. The molecule has 3 N–H and O–H groups in total. The lowest BCUT2D eigenvalue weighted by Crippen LogP contribution is -2.27. The number of aromatic hydroxyl groups is 1. The maximum absolute atomic E-state index is 11.0. The standard InChI is InChI=1S/C32H45N3O2S/c1-31(2,3)28-21-27(22-29(30(28)36)32(4,5)6)38-20-19-35(7)18-17-33-23-9-11-24(12-10-23)34-25-13-15-26(37-8)16-14-25/h9-16,21-22,33-34,36H,17-20H2,1-8H3. The van der Waals surface area contributed by atoms with Gasteiger partial charge in [-0.3, -0.25) is 0 Å². The van der Waals surface area contributed by atoms with Crippen molar-refractivity contribution in [2.24, 2.45) is 0 Å². The van der Waals surface area contributed by atoms with Crippen molar-refractivity contribution in [1.29, 1.82) is 0 Å². The predicted molar refractivity (Wildman–Crippen MR) is 165 cm³/mol. The second-order valence-corrected chi connectivity index (χ2v) is 13.0. The topological polar surface area (TPSA) is 56.8 Å². The molecule has 0 spiro atoms. The Morgan fingerprint density at radius 2 is 1.29 bits per heavy atom. The van der Waals surface area contributed by atoms with Crippen LogP contribution < -0.4 is 15.4 Å². The molecule has 0 aliphatic heterocycles. The average Bonchev–Trinajstić information content (AvgIpc) is 2.85. The van der Waals surface area contributed by atoms with Crippen LogP contribution in [0.3, 0.4) is 0 Å². The number of phenolic OH excluding ortho intramolecular Hbond substituents is 1. The molecule has 3 aromatic carbocycles. The fourth-order valence-electron chi connectivity index (χ4n) is 4.17. The molecule has 0 unspecified atom stereocenters. The monoisotopic (exact) mass is 535 g/mol. The van der Waals surface area contributed by atoms with Crippen molar-refractivity contribution in [3.8, 4) is 11.5 Å². The minimum atomic E-state index is -0.104. The molecular formula is C32H45N3O2S. The highest BCUT2D eigenvalue weighted by Gasteiger charge is 2.26. The van der Waals surface area contributed by atoms with E-state index in [1.807, 2.05) is 36.0 Å². The number of ether oxygens (including phenoxy) is 1. The summed E-state index contributed by atoms with van der Waals surface area (Å²) in [5.74, 6) is 2.30. The first-order chi connectivity index (χ1) is 17.9. The zero-order valence-electron chi connectivity index (χ0n) is 24.3. The van der Waals surface area contributed by atoms with Crippen molar-refractivity contribution < 1.29 is 9.84 Å². The van der Waals surface area contributed by atoms with Crippen molar-refractivity contribution in [3.05, 3.63) is 71.8 Å². The average molecular weight is 536 g/mol. The Morgan fingerprint density at radius 3 is 1.79 bits per heavy atom. The van der Waals surface area contributed by atoms with Gasteiger partial charge in [0.15, 0.2) is 0 Å². The first-order valence-electron chi connectivity index (χ1n) is 13.3. The molecule has 0 saturated carbocycles. The van der Waals surface area contributed by atoms with Crippen LogP contribution in [0.4, 0.5) is 17.1 Å². The largest absolute Gasteiger partial charge is 0.507 e. The summed E-state index contributed by atoms with van der Waals surface area (Å²) in [5.41, 5.74) is 5.03. The molecule has 3 aromatic rings. The minimum Gasteiger partial charge on any atom is -0.507 e. The highest BCUT2D eigenvalue weighted by molar-refractivity contribution is 7.99. The van der Waals surface area contributed by atoms with E-state index in [1.165, 1.54) is 4.90 Å². The van der Waals surface area contributed by atoms with Crippen LogP contribution in [0, 0.1) is 0 Å². The number of thioether (sulfide) groups is 1. The summed E-state index contributed by atoms with van der Waals surface area (Å²) in [6, 6.07) is 20.6. The minimum absolute atomic E-state index is 0.104. The number of nitrogens with zero attached hydrogens (tertiary/aromatic N) is 1. The van der Waals surface area contributed by atoms with E-state index < -0.39 is 0 Å². The van der Waals surface area contributed by atoms with Gasteiger partial charge in [-0.05, 0) is 78.5 Å². The summed E-state index contributed by atoms with van der Waals surface area (Å²) in [6.07, 6.45) is 0. The zero-order chi connectivity index (χ0) is 27.9. The molecule has 0 atom stereocenters. The van der Waals surface area contributed by atoms with Crippen LogP contribution in [-0.4, -0.2) is 49.6 Å². The molecule has 6 heteroatoms.